The van der Waals surface area contributed by atoms with Gasteiger partial charge >= 0.3 is 5.97 Å². The van der Waals surface area contributed by atoms with Crippen molar-refractivity contribution in [1.82, 2.24) is 4.90 Å². The average Bonchev–Trinajstić information content (AvgIpc) is 2.78. The highest BCUT2D eigenvalue weighted by molar-refractivity contribution is 8.26. The summed E-state index contributed by atoms with van der Waals surface area (Å²) < 4.78 is 0.419. The van der Waals surface area contributed by atoms with E-state index in [1.165, 1.54) is 16.7 Å². The van der Waals surface area contributed by atoms with Gasteiger partial charge in [0.15, 0.2) is 0 Å². The van der Waals surface area contributed by atoms with Gasteiger partial charge in [-0.25, -0.2) is 0 Å². The second-order valence-corrected chi connectivity index (χ2v) is 6.84. The van der Waals surface area contributed by atoms with Gasteiger partial charge in [-0.05, 0) is 30.5 Å². The summed E-state index contributed by atoms with van der Waals surface area (Å²) in [7, 11) is 0. The van der Waals surface area contributed by atoms with Gasteiger partial charge in [0.1, 0.15) is 10.1 Å². The average molecular weight is 363 g/mol. The van der Waals surface area contributed by atoms with Crippen molar-refractivity contribution in [2.24, 2.45) is 0 Å². The normalized spacial score (nSPS) is 16.0. The summed E-state index contributed by atoms with van der Waals surface area (Å²) in [6.07, 6.45) is 4.21. The molecule has 7 heteroatoms. The predicted octanol–water partition coefficient (Wildman–Crippen LogP) is 3.19. The number of carbonyl (C=O) groups excluding carboxylic acids is 1. The zero-order chi connectivity index (χ0) is 17.7. The molecule has 24 heavy (non-hydrogen) atoms. The molecule has 0 spiro atoms. The first-order valence-electron chi connectivity index (χ1n) is 7.33. The highest BCUT2D eigenvalue weighted by atomic mass is 32.2. The second-order valence-electron chi connectivity index (χ2n) is 5.17. The topological polar surface area (TPSA) is 77.8 Å². The molecule has 0 bridgehead atoms. The number of hydrogen-bond acceptors (Lipinski definition) is 5. The Labute approximate surface area is 149 Å². The summed E-state index contributed by atoms with van der Waals surface area (Å²) in [4.78, 5) is 24.9. The maximum atomic E-state index is 12.5. The fraction of sp³-hybridized carbons (Fsp3) is 0.235. The Bertz CT molecular complexity index is 727. The number of thioether (sulfide) groups is 1. The summed E-state index contributed by atoms with van der Waals surface area (Å²) in [5, 5.41) is 18.7. The number of carbonyl (C=O) groups is 2. The Morgan fingerprint density at radius 1 is 1.42 bits per heavy atom. The number of carboxylic acids is 1. The minimum Gasteiger partial charge on any atom is -0.508 e. The van der Waals surface area contributed by atoms with E-state index in [2.05, 4.69) is 6.58 Å². The smallest absolute Gasteiger partial charge is 0.303 e. The van der Waals surface area contributed by atoms with Crippen LogP contribution >= 0.6 is 24.0 Å². The van der Waals surface area contributed by atoms with Crippen LogP contribution in [0.3, 0.4) is 0 Å². The number of benzene rings is 1. The molecule has 1 aromatic rings. The number of allylic oxidation sites excluding steroid dienone is 1. The Hall–Kier alpha value is -2.12. The van der Waals surface area contributed by atoms with Crippen LogP contribution in [0.2, 0.25) is 0 Å². The number of phenolic OH excluding ortho intramolecular Hbond substituents is 1. The molecule has 1 fully saturated rings. The van der Waals surface area contributed by atoms with Gasteiger partial charge in [0.2, 0.25) is 0 Å². The number of amides is 1. The molecule has 0 unspecified atom stereocenters. The second kappa shape index (κ2) is 8.12. The lowest BCUT2D eigenvalue weighted by molar-refractivity contribution is -0.137. The molecule has 5 nitrogen and oxygen atoms in total. The Balaban J connectivity index is 2.21. The molecule has 1 heterocycles. The van der Waals surface area contributed by atoms with Crippen LogP contribution in [0.25, 0.3) is 6.08 Å². The van der Waals surface area contributed by atoms with E-state index in [9.17, 15) is 14.7 Å². The maximum Gasteiger partial charge on any atom is 0.303 e. The van der Waals surface area contributed by atoms with Crippen molar-refractivity contribution >= 4 is 46.3 Å². The fourth-order valence-corrected chi connectivity index (χ4v) is 3.62. The molecule has 0 atom stereocenters. The van der Waals surface area contributed by atoms with Crippen molar-refractivity contribution in [3.05, 3.63) is 46.9 Å². The van der Waals surface area contributed by atoms with Crippen LogP contribution in [0, 0.1) is 0 Å². The zero-order valence-corrected chi connectivity index (χ0v) is 14.5. The van der Waals surface area contributed by atoms with Crippen LogP contribution in [0.4, 0.5) is 0 Å². The first-order valence-corrected chi connectivity index (χ1v) is 8.55. The third kappa shape index (κ3) is 4.24. The highest BCUT2D eigenvalue weighted by Gasteiger charge is 2.31. The van der Waals surface area contributed by atoms with Crippen LogP contribution in [0.5, 0.6) is 5.75 Å². The third-order valence-corrected chi connectivity index (χ3v) is 4.85. The van der Waals surface area contributed by atoms with Crippen LogP contribution in [0.15, 0.2) is 35.8 Å². The molecule has 1 aliphatic heterocycles. The summed E-state index contributed by atoms with van der Waals surface area (Å²) in [5.41, 5.74) is 1.43. The highest BCUT2D eigenvalue weighted by Crippen LogP contribution is 2.34. The number of aromatic hydroxyl groups is 1. The lowest BCUT2D eigenvalue weighted by Gasteiger charge is -2.13. The van der Waals surface area contributed by atoms with E-state index in [0.717, 1.165) is 5.56 Å². The zero-order valence-electron chi connectivity index (χ0n) is 12.9. The number of thiocarbonyl (C=S) groups is 1. The minimum absolute atomic E-state index is 0.00779. The van der Waals surface area contributed by atoms with Gasteiger partial charge in [0, 0.05) is 18.5 Å². The first kappa shape index (κ1) is 18.2. The number of rotatable bonds is 7. The summed E-state index contributed by atoms with van der Waals surface area (Å²) in [6.45, 7) is 3.96. The van der Waals surface area contributed by atoms with Gasteiger partial charge < -0.3 is 10.2 Å². The largest absolute Gasteiger partial charge is 0.508 e. The van der Waals surface area contributed by atoms with Crippen LogP contribution in [-0.2, 0) is 16.0 Å². The molecular formula is C17H17NO4S2. The summed E-state index contributed by atoms with van der Waals surface area (Å²) in [6, 6.07) is 5.12. The van der Waals surface area contributed by atoms with E-state index in [1.54, 1.807) is 24.3 Å². The first-order chi connectivity index (χ1) is 11.4. The summed E-state index contributed by atoms with van der Waals surface area (Å²) >= 11 is 6.40. The summed E-state index contributed by atoms with van der Waals surface area (Å²) in [5.74, 6) is -0.978. The van der Waals surface area contributed by atoms with Gasteiger partial charge in [-0.2, -0.15) is 0 Å². The molecule has 1 saturated heterocycles. The standard InChI is InChI=1S/C17H17NO4S2/c1-2-5-12-11(6-3-7-13(12)19)10-14-16(22)18(17(23)24-14)9-4-8-15(20)21/h2-3,6-7,10,19H,1,4-5,8-9H2,(H,20,21). The molecule has 1 aliphatic rings. The van der Waals surface area contributed by atoms with Crippen molar-refractivity contribution in [2.75, 3.05) is 6.54 Å². The lowest BCUT2D eigenvalue weighted by Crippen LogP contribution is -2.29. The van der Waals surface area contributed by atoms with E-state index in [4.69, 9.17) is 17.3 Å². The van der Waals surface area contributed by atoms with Crippen LogP contribution in [0.1, 0.15) is 24.0 Å². The molecule has 2 N–H and O–H groups in total. The quantitative estimate of drug-likeness (QED) is 0.440. The van der Waals surface area contributed by atoms with Gasteiger partial charge in [0.05, 0.1) is 4.91 Å². The Morgan fingerprint density at radius 3 is 2.83 bits per heavy atom. The van der Waals surface area contributed by atoms with Gasteiger partial charge in [-0.3, -0.25) is 14.5 Å². The molecule has 1 aromatic carbocycles. The van der Waals surface area contributed by atoms with Crippen molar-refractivity contribution in [3.8, 4) is 5.75 Å². The third-order valence-electron chi connectivity index (χ3n) is 3.47. The Morgan fingerprint density at radius 2 is 2.17 bits per heavy atom. The molecule has 0 saturated carbocycles. The van der Waals surface area contributed by atoms with E-state index >= 15 is 0 Å². The molecule has 126 valence electrons. The van der Waals surface area contributed by atoms with Crippen molar-refractivity contribution in [3.63, 3.8) is 0 Å². The van der Waals surface area contributed by atoms with Crippen molar-refractivity contribution in [1.29, 1.82) is 0 Å². The number of phenols is 1. The van der Waals surface area contributed by atoms with E-state index in [0.29, 0.717) is 27.6 Å². The van der Waals surface area contributed by atoms with E-state index < -0.39 is 5.97 Å². The molecular weight excluding hydrogens is 346 g/mol. The lowest BCUT2D eigenvalue weighted by atomic mass is 10.0. The molecule has 1 amide bonds. The van der Waals surface area contributed by atoms with Gasteiger partial charge in [-0.1, -0.05) is 42.2 Å². The predicted molar refractivity (Wildman–Crippen MR) is 98.8 cm³/mol. The number of aliphatic carboxylic acids is 1. The molecule has 0 aromatic heterocycles. The molecule has 2 rings (SSSR count). The van der Waals surface area contributed by atoms with Gasteiger partial charge in [0.25, 0.3) is 5.91 Å². The monoisotopic (exact) mass is 363 g/mol. The minimum atomic E-state index is -0.898. The fourth-order valence-electron chi connectivity index (χ4n) is 2.32. The van der Waals surface area contributed by atoms with Crippen molar-refractivity contribution < 1.29 is 19.8 Å². The number of hydrogen-bond donors (Lipinski definition) is 2. The molecule has 0 aliphatic carbocycles. The Kier molecular flexibility index (Phi) is 6.16. The van der Waals surface area contributed by atoms with Crippen molar-refractivity contribution in [2.45, 2.75) is 19.3 Å². The van der Waals surface area contributed by atoms with Crippen LogP contribution < -0.4 is 0 Å². The maximum absolute atomic E-state index is 12.5. The SMILES string of the molecule is C=CCc1c(O)cccc1C=C1SC(=S)N(CCCC(=O)O)C1=O. The van der Waals surface area contributed by atoms with E-state index in [1.807, 2.05) is 6.07 Å². The number of nitrogens with zero attached hydrogens (tertiary/aromatic N) is 1. The number of carboxylic acid groups (broad SMARTS) is 1. The van der Waals surface area contributed by atoms with Gasteiger partial charge in [-0.15, -0.1) is 6.58 Å². The molecule has 0 radical (unpaired) electrons. The van der Waals surface area contributed by atoms with Crippen LogP contribution in [-0.4, -0.2) is 37.9 Å². The van der Waals surface area contributed by atoms with E-state index in [-0.39, 0.29) is 24.6 Å².